The fourth-order valence-corrected chi connectivity index (χ4v) is 3.62. The molecule has 1 aliphatic heterocycles. The second-order valence-electron chi connectivity index (χ2n) is 7.79. The molecule has 2 N–H and O–H groups in total. The Bertz CT molecular complexity index is 1130. The van der Waals surface area contributed by atoms with Crippen LogP contribution in [0.25, 0.3) is 10.9 Å². The molecule has 7 nitrogen and oxygen atoms in total. The molecule has 0 unspecified atom stereocenters. The number of fused-ring (bicyclic) bond motifs is 1. The van der Waals surface area contributed by atoms with Crippen LogP contribution in [0.5, 0.6) is 5.75 Å². The molecule has 1 saturated heterocycles. The average Bonchev–Trinajstić information content (AvgIpc) is 3.07. The molecule has 0 aliphatic carbocycles. The van der Waals surface area contributed by atoms with Gasteiger partial charge >= 0.3 is 6.18 Å². The number of aryl methyl sites for hydroxylation is 1. The van der Waals surface area contributed by atoms with E-state index in [0.717, 1.165) is 61.3 Å². The van der Waals surface area contributed by atoms with Crippen molar-refractivity contribution in [3.63, 3.8) is 0 Å². The summed E-state index contributed by atoms with van der Waals surface area (Å²) in [5.74, 6) is 0.448. The lowest BCUT2D eigenvalue weighted by Crippen LogP contribution is -2.29. The zero-order valence-corrected chi connectivity index (χ0v) is 18.1. The fraction of sp³-hybridized carbons (Fsp3) is 0.348. The van der Waals surface area contributed by atoms with Crippen molar-refractivity contribution in [1.29, 1.82) is 0 Å². The van der Waals surface area contributed by atoms with Crippen LogP contribution < -0.4 is 20.3 Å². The third-order valence-electron chi connectivity index (χ3n) is 5.33. The summed E-state index contributed by atoms with van der Waals surface area (Å²) in [5.41, 5.74) is 1.38. The maximum atomic E-state index is 12.6. The van der Waals surface area contributed by atoms with Crippen molar-refractivity contribution in [3.8, 4) is 5.75 Å². The molecule has 2 aromatic carbocycles. The van der Waals surface area contributed by atoms with Gasteiger partial charge in [-0.1, -0.05) is 0 Å². The number of amides is 1. The summed E-state index contributed by atoms with van der Waals surface area (Å²) < 4.78 is 43.2. The number of aromatic nitrogens is 2. The highest BCUT2D eigenvalue weighted by molar-refractivity contribution is 5.95. The van der Waals surface area contributed by atoms with Crippen LogP contribution >= 0.6 is 0 Å². The number of rotatable bonds is 5. The smallest absolute Gasteiger partial charge is 0.416 e. The molecule has 0 spiro atoms. The van der Waals surface area contributed by atoms with E-state index in [0.29, 0.717) is 11.6 Å². The molecule has 1 aromatic heterocycles. The van der Waals surface area contributed by atoms with Crippen molar-refractivity contribution < 1.29 is 22.7 Å². The maximum Gasteiger partial charge on any atom is 0.416 e. The molecule has 4 rings (SSSR count). The van der Waals surface area contributed by atoms with Gasteiger partial charge in [0.1, 0.15) is 5.75 Å². The number of hydrogen-bond acceptors (Lipinski definition) is 6. The zero-order valence-electron chi connectivity index (χ0n) is 18.1. The molecule has 0 atom stereocenters. The number of alkyl halides is 3. The lowest BCUT2D eigenvalue weighted by Gasteiger charge is -2.20. The molecule has 0 radical (unpaired) electrons. The summed E-state index contributed by atoms with van der Waals surface area (Å²) in [6.07, 6.45) is -3.39. The predicted molar refractivity (Wildman–Crippen MR) is 120 cm³/mol. The van der Waals surface area contributed by atoms with E-state index in [1.54, 1.807) is 12.1 Å². The van der Waals surface area contributed by atoms with Gasteiger partial charge in [-0.05, 0) is 62.4 Å². The molecule has 3 aromatic rings. The first-order chi connectivity index (χ1) is 15.8. The Labute approximate surface area is 189 Å². The molecule has 1 amide bonds. The van der Waals surface area contributed by atoms with E-state index < -0.39 is 17.6 Å². The van der Waals surface area contributed by atoms with E-state index in [2.05, 4.69) is 20.5 Å². The zero-order chi connectivity index (χ0) is 23.4. The molecule has 33 heavy (non-hydrogen) atoms. The van der Waals surface area contributed by atoms with E-state index in [4.69, 9.17) is 9.72 Å². The minimum absolute atomic E-state index is 0.178. The molecule has 1 aliphatic rings. The normalized spacial score (nSPS) is 14.7. The van der Waals surface area contributed by atoms with Crippen LogP contribution in [0, 0.1) is 6.92 Å². The van der Waals surface area contributed by atoms with E-state index >= 15 is 0 Å². The summed E-state index contributed by atoms with van der Waals surface area (Å²) in [6.45, 7) is 5.18. The summed E-state index contributed by atoms with van der Waals surface area (Å²) in [4.78, 5) is 23.8. The van der Waals surface area contributed by atoms with E-state index in [1.807, 2.05) is 13.0 Å². The largest absolute Gasteiger partial charge is 0.484 e. The highest BCUT2D eigenvalue weighted by atomic mass is 19.4. The number of carbonyl (C=O) groups is 1. The lowest BCUT2D eigenvalue weighted by atomic mass is 10.1. The van der Waals surface area contributed by atoms with E-state index in [9.17, 15) is 18.0 Å². The quantitative estimate of drug-likeness (QED) is 0.605. The molecule has 10 heteroatoms. The first kappa shape index (κ1) is 22.8. The highest BCUT2D eigenvalue weighted by Gasteiger charge is 2.30. The standard InChI is InChI=1S/C23H24F3N5O2/c1-15-19-13-17(5-8-20(19)30-22(28-15)31-11-2-9-27-10-12-31)29-21(32)14-33-18-6-3-16(4-7-18)23(24,25)26/h3-8,13,27H,2,9-12,14H2,1H3,(H,29,32). The van der Waals surface area contributed by atoms with Gasteiger partial charge in [0.2, 0.25) is 5.95 Å². The number of carbonyl (C=O) groups excluding carboxylic acids is 1. The van der Waals surface area contributed by atoms with Crippen LogP contribution in [0.2, 0.25) is 0 Å². The second kappa shape index (κ2) is 9.62. The molecule has 0 bridgehead atoms. The van der Waals surface area contributed by atoms with Crippen LogP contribution in [0.15, 0.2) is 42.5 Å². The van der Waals surface area contributed by atoms with E-state index in [1.165, 1.54) is 12.1 Å². The van der Waals surface area contributed by atoms with Crippen LogP contribution in [0.4, 0.5) is 24.8 Å². The number of anilines is 2. The summed E-state index contributed by atoms with van der Waals surface area (Å²) in [6, 6.07) is 9.57. The Hall–Kier alpha value is -3.40. The van der Waals surface area contributed by atoms with Gasteiger partial charge in [-0.3, -0.25) is 4.79 Å². The number of benzene rings is 2. The van der Waals surface area contributed by atoms with Gasteiger partial charge in [-0.25, -0.2) is 9.97 Å². The van der Waals surface area contributed by atoms with Gasteiger partial charge in [-0.15, -0.1) is 0 Å². The molecular weight excluding hydrogens is 435 g/mol. The molecule has 174 valence electrons. The first-order valence-electron chi connectivity index (χ1n) is 10.6. The van der Waals surface area contributed by atoms with Crippen LogP contribution in [-0.2, 0) is 11.0 Å². The van der Waals surface area contributed by atoms with Crippen LogP contribution in [0.1, 0.15) is 17.7 Å². The predicted octanol–water partition coefficient (Wildman–Crippen LogP) is 3.77. The number of nitrogens with one attached hydrogen (secondary N) is 2. The second-order valence-corrected chi connectivity index (χ2v) is 7.79. The van der Waals surface area contributed by atoms with Gasteiger partial charge < -0.3 is 20.3 Å². The molecular formula is C23H24F3N5O2. The highest BCUT2D eigenvalue weighted by Crippen LogP contribution is 2.30. The number of nitrogens with zero attached hydrogens (tertiary/aromatic N) is 3. The molecule has 0 saturated carbocycles. The minimum Gasteiger partial charge on any atom is -0.484 e. The minimum atomic E-state index is -4.42. The number of ether oxygens (including phenoxy) is 1. The van der Waals surface area contributed by atoms with Crippen molar-refractivity contribution in [3.05, 3.63) is 53.7 Å². The number of halogens is 3. The monoisotopic (exact) mass is 459 g/mol. The Balaban J connectivity index is 1.40. The van der Waals surface area contributed by atoms with Gasteiger partial charge in [0, 0.05) is 30.7 Å². The first-order valence-corrected chi connectivity index (χ1v) is 10.6. The van der Waals surface area contributed by atoms with Crippen LogP contribution in [0.3, 0.4) is 0 Å². The van der Waals surface area contributed by atoms with Crippen molar-refractivity contribution in [1.82, 2.24) is 15.3 Å². The Morgan fingerprint density at radius 2 is 1.91 bits per heavy atom. The Morgan fingerprint density at radius 1 is 1.12 bits per heavy atom. The van der Waals surface area contributed by atoms with Gasteiger partial charge in [0.15, 0.2) is 6.61 Å². The van der Waals surface area contributed by atoms with Crippen molar-refractivity contribution in [2.45, 2.75) is 19.5 Å². The maximum absolute atomic E-state index is 12.6. The number of hydrogen-bond donors (Lipinski definition) is 2. The Kier molecular flexibility index (Phi) is 6.64. The molecule has 2 heterocycles. The van der Waals surface area contributed by atoms with Crippen LogP contribution in [-0.4, -0.2) is 48.7 Å². The van der Waals surface area contributed by atoms with Crippen molar-refractivity contribution >= 4 is 28.4 Å². The fourth-order valence-electron chi connectivity index (χ4n) is 3.62. The van der Waals surface area contributed by atoms with Gasteiger partial charge in [-0.2, -0.15) is 13.2 Å². The lowest BCUT2D eigenvalue weighted by molar-refractivity contribution is -0.137. The van der Waals surface area contributed by atoms with Crippen molar-refractivity contribution in [2.24, 2.45) is 0 Å². The van der Waals surface area contributed by atoms with E-state index in [-0.39, 0.29) is 12.4 Å². The summed E-state index contributed by atoms with van der Waals surface area (Å²) in [5, 5.41) is 6.92. The Morgan fingerprint density at radius 3 is 2.67 bits per heavy atom. The summed E-state index contributed by atoms with van der Waals surface area (Å²) >= 11 is 0. The van der Waals surface area contributed by atoms with Gasteiger partial charge in [0.05, 0.1) is 16.8 Å². The third-order valence-corrected chi connectivity index (χ3v) is 5.33. The average molecular weight is 459 g/mol. The van der Waals surface area contributed by atoms with Crippen molar-refractivity contribution in [2.75, 3.05) is 43.0 Å². The topological polar surface area (TPSA) is 79.4 Å². The SMILES string of the molecule is Cc1nc(N2CCCNCC2)nc2ccc(NC(=O)COc3ccc(C(F)(F)F)cc3)cc12. The third kappa shape index (κ3) is 5.70. The molecule has 1 fully saturated rings. The van der Waals surface area contributed by atoms with Gasteiger partial charge in [0.25, 0.3) is 5.91 Å². The summed E-state index contributed by atoms with van der Waals surface area (Å²) in [7, 11) is 0.